The monoisotopic (exact) mass is 517 g/mol. The summed E-state index contributed by atoms with van der Waals surface area (Å²) < 4.78 is 11.0. The molecule has 0 amide bonds. The number of aliphatic imine (C=N–C) groups is 1. The zero-order valence-corrected chi connectivity index (χ0v) is 20.1. The van der Waals surface area contributed by atoms with E-state index in [0.29, 0.717) is 19.8 Å². The summed E-state index contributed by atoms with van der Waals surface area (Å²) in [4.78, 5) is 6.11. The Morgan fingerprint density at radius 1 is 1.18 bits per heavy atom. The van der Waals surface area contributed by atoms with Crippen LogP contribution in [-0.4, -0.2) is 39.4 Å². The molecule has 28 heavy (non-hydrogen) atoms. The minimum absolute atomic E-state index is 0. The van der Waals surface area contributed by atoms with Gasteiger partial charge in [-0.2, -0.15) is 0 Å². The summed E-state index contributed by atoms with van der Waals surface area (Å²) in [7, 11) is 1.71. The smallest absolute Gasteiger partial charge is 0.191 e. The molecule has 0 aliphatic heterocycles. The summed E-state index contributed by atoms with van der Waals surface area (Å²) in [5, 5.41) is 8.83. The van der Waals surface area contributed by atoms with Gasteiger partial charge in [-0.1, -0.05) is 18.2 Å². The second kappa shape index (κ2) is 14.6. The first kappa shape index (κ1) is 24.7. The molecule has 0 saturated carbocycles. The summed E-state index contributed by atoms with van der Waals surface area (Å²) in [5.41, 5.74) is 2.28. The number of thiophene rings is 1. The molecule has 2 aromatic rings. The van der Waals surface area contributed by atoms with E-state index in [1.807, 2.05) is 0 Å². The first-order valence-electron chi connectivity index (χ1n) is 9.48. The van der Waals surface area contributed by atoms with Gasteiger partial charge >= 0.3 is 0 Å². The van der Waals surface area contributed by atoms with Crippen molar-refractivity contribution < 1.29 is 9.47 Å². The summed E-state index contributed by atoms with van der Waals surface area (Å²) in [6, 6.07) is 10.5. The Labute approximate surface area is 190 Å². The normalized spacial score (nSPS) is 11.0. The molecule has 0 aliphatic carbocycles. The number of benzene rings is 1. The van der Waals surface area contributed by atoms with Crippen LogP contribution in [0.15, 0.2) is 40.7 Å². The van der Waals surface area contributed by atoms with Gasteiger partial charge in [-0.3, -0.25) is 0 Å². The Morgan fingerprint density at radius 2 is 2.04 bits per heavy atom. The van der Waals surface area contributed by atoms with E-state index in [0.717, 1.165) is 43.2 Å². The van der Waals surface area contributed by atoms with Crippen molar-refractivity contribution in [2.75, 3.05) is 33.4 Å². The van der Waals surface area contributed by atoms with E-state index in [1.54, 1.807) is 18.4 Å². The summed E-state index contributed by atoms with van der Waals surface area (Å²) in [6.45, 7) is 7.77. The zero-order valence-electron chi connectivity index (χ0n) is 17.0. The molecule has 0 atom stereocenters. The highest BCUT2D eigenvalue weighted by Crippen LogP contribution is 2.21. The summed E-state index contributed by atoms with van der Waals surface area (Å²) >= 11 is 1.79. The molecular weight excluding hydrogens is 485 g/mol. The zero-order chi connectivity index (χ0) is 19.3. The topological polar surface area (TPSA) is 54.9 Å². The number of hydrogen-bond donors (Lipinski definition) is 2. The summed E-state index contributed by atoms with van der Waals surface area (Å²) in [5.74, 6) is 1.74. The second-order valence-corrected chi connectivity index (χ2v) is 7.29. The van der Waals surface area contributed by atoms with Gasteiger partial charge in [0.2, 0.25) is 0 Å². The van der Waals surface area contributed by atoms with Crippen molar-refractivity contribution in [1.82, 2.24) is 10.6 Å². The predicted molar refractivity (Wildman–Crippen MR) is 129 cm³/mol. The van der Waals surface area contributed by atoms with Crippen LogP contribution in [0.4, 0.5) is 0 Å². The lowest BCUT2D eigenvalue weighted by molar-refractivity contribution is 0.172. The number of nitrogens with zero attached hydrogens (tertiary/aromatic N) is 1. The van der Waals surface area contributed by atoms with Gasteiger partial charge in [-0.25, -0.2) is 4.99 Å². The maximum atomic E-state index is 5.95. The van der Waals surface area contributed by atoms with E-state index >= 15 is 0 Å². The molecule has 2 N–H and O–H groups in total. The fourth-order valence-electron chi connectivity index (χ4n) is 2.58. The molecular formula is C21H32IN3O2S. The van der Waals surface area contributed by atoms with Crippen LogP contribution in [-0.2, 0) is 17.7 Å². The lowest BCUT2D eigenvalue weighted by Gasteiger charge is -2.13. The SMILES string of the molecule is CCNC(=NCc1ccc(C)cc1OCCCOC)NCCc1cccs1.I. The molecule has 1 aromatic heterocycles. The highest BCUT2D eigenvalue weighted by Gasteiger charge is 2.05. The number of guanidine groups is 1. The van der Waals surface area contributed by atoms with Crippen LogP contribution in [0.5, 0.6) is 5.75 Å². The average molecular weight is 517 g/mol. The van der Waals surface area contributed by atoms with Crippen LogP contribution in [0, 0.1) is 6.92 Å². The van der Waals surface area contributed by atoms with Gasteiger partial charge in [0.05, 0.1) is 13.2 Å². The van der Waals surface area contributed by atoms with Crippen LogP contribution >= 0.6 is 35.3 Å². The van der Waals surface area contributed by atoms with Crippen molar-refractivity contribution in [3.8, 4) is 5.75 Å². The Hall–Kier alpha value is -1.32. The average Bonchev–Trinajstić information content (AvgIpc) is 3.18. The van der Waals surface area contributed by atoms with Crippen LogP contribution in [0.25, 0.3) is 0 Å². The minimum atomic E-state index is 0. The molecule has 5 nitrogen and oxygen atoms in total. The minimum Gasteiger partial charge on any atom is -0.493 e. The highest BCUT2D eigenvalue weighted by molar-refractivity contribution is 14.0. The quantitative estimate of drug-likeness (QED) is 0.201. The van der Waals surface area contributed by atoms with E-state index in [-0.39, 0.29) is 24.0 Å². The molecule has 7 heteroatoms. The van der Waals surface area contributed by atoms with E-state index in [1.165, 1.54) is 10.4 Å². The third kappa shape index (κ3) is 9.25. The molecule has 0 unspecified atom stereocenters. The lowest BCUT2D eigenvalue weighted by atomic mass is 10.1. The van der Waals surface area contributed by atoms with Crippen molar-refractivity contribution in [3.63, 3.8) is 0 Å². The third-order valence-electron chi connectivity index (χ3n) is 3.97. The van der Waals surface area contributed by atoms with Gasteiger partial charge < -0.3 is 20.1 Å². The molecule has 0 radical (unpaired) electrons. The first-order valence-corrected chi connectivity index (χ1v) is 10.4. The second-order valence-electron chi connectivity index (χ2n) is 6.26. The van der Waals surface area contributed by atoms with Crippen LogP contribution < -0.4 is 15.4 Å². The predicted octanol–water partition coefficient (Wildman–Crippen LogP) is 4.39. The fourth-order valence-corrected chi connectivity index (χ4v) is 3.29. The van der Waals surface area contributed by atoms with Gasteiger partial charge in [0.25, 0.3) is 0 Å². The summed E-state index contributed by atoms with van der Waals surface area (Å²) in [6.07, 6.45) is 1.88. The van der Waals surface area contributed by atoms with Crippen molar-refractivity contribution in [1.29, 1.82) is 0 Å². The Balaban J connectivity index is 0.00000392. The van der Waals surface area contributed by atoms with E-state index < -0.39 is 0 Å². The number of halogens is 1. The highest BCUT2D eigenvalue weighted by atomic mass is 127. The van der Waals surface area contributed by atoms with Crippen molar-refractivity contribution in [2.24, 2.45) is 4.99 Å². The standard InChI is InChI=1S/C21H31N3O2S.HI/c1-4-22-21(23-11-10-19-7-5-14-27-19)24-16-18-9-8-17(2)15-20(18)26-13-6-12-25-3;/h5,7-9,14-15H,4,6,10-13,16H2,1-3H3,(H2,22,23,24);1H. The number of nitrogens with one attached hydrogen (secondary N) is 2. The molecule has 0 fully saturated rings. The molecule has 0 bridgehead atoms. The molecule has 1 aromatic carbocycles. The largest absolute Gasteiger partial charge is 0.493 e. The molecule has 1 heterocycles. The van der Waals surface area contributed by atoms with Gasteiger partial charge in [-0.05, 0) is 43.3 Å². The number of aryl methyl sites for hydroxylation is 1. The van der Waals surface area contributed by atoms with Gasteiger partial charge in [-0.15, -0.1) is 35.3 Å². The van der Waals surface area contributed by atoms with Crippen molar-refractivity contribution in [2.45, 2.75) is 33.2 Å². The number of methoxy groups -OCH3 is 1. The van der Waals surface area contributed by atoms with Gasteiger partial charge in [0.1, 0.15) is 5.75 Å². The van der Waals surface area contributed by atoms with Crippen LogP contribution in [0.3, 0.4) is 0 Å². The first-order chi connectivity index (χ1) is 13.2. The number of ether oxygens (including phenoxy) is 2. The molecule has 2 rings (SSSR count). The van der Waals surface area contributed by atoms with Gasteiger partial charge in [0.15, 0.2) is 5.96 Å². The number of hydrogen-bond acceptors (Lipinski definition) is 4. The fraction of sp³-hybridized carbons (Fsp3) is 0.476. The van der Waals surface area contributed by atoms with Crippen molar-refractivity contribution in [3.05, 3.63) is 51.7 Å². The molecule has 0 aliphatic rings. The molecule has 0 spiro atoms. The Kier molecular flexibility index (Phi) is 12.9. The van der Waals surface area contributed by atoms with Crippen LogP contribution in [0.2, 0.25) is 0 Å². The van der Waals surface area contributed by atoms with Crippen LogP contribution in [0.1, 0.15) is 29.3 Å². The van der Waals surface area contributed by atoms with E-state index in [9.17, 15) is 0 Å². The number of rotatable bonds is 11. The van der Waals surface area contributed by atoms with Crippen molar-refractivity contribution >= 4 is 41.3 Å². The maximum Gasteiger partial charge on any atom is 0.191 e. The van der Waals surface area contributed by atoms with E-state index in [4.69, 9.17) is 14.5 Å². The maximum absolute atomic E-state index is 5.95. The van der Waals surface area contributed by atoms with Gasteiger partial charge in [0, 0.05) is 43.7 Å². The lowest BCUT2D eigenvalue weighted by Crippen LogP contribution is -2.38. The Bertz CT molecular complexity index is 693. The Morgan fingerprint density at radius 3 is 2.75 bits per heavy atom. The molecule has 0 saturated heterocycles. The van der Waals surface area contributed by atoms with E-state index in [2.05, 4.69) is 60.2 Å². The third-order valence-corrected chi connectivity index (χ3v) is 4.90. The molecule has 156 valence electrons.